The Bertz CT molecular complexity index is 524. The molecule has 16 heavy (non-hydrogen) atoms. The molecule has 0 N–H and O–H groups in total. The fourth-order valence-electron chi connectivity index (χ4n) is 1.31. The van der Waals surface area contributed by atoms with Crippen molar-refractivity contribution < 1.29 is 4.39 Å². The van der Waals surface area contributed by atoms with E-state index in [1.54, 1.807) is 12.1 Å². The molecule has 0 bridgehead atoms. The van der Waals surface area contributed by atoms with Gasteiger partial charge < -0.3 is 0 Å². The average molecular weight is 217 g/mol. The average Bonchev–Trinajstić information content (AvgIpc) is 2.74. The van der Waals surface area contributed by atoms with Crippen molar-refractivity contribution in [2.24, 2.45) is 5.11 Å². The van der Waals surface area contributed by atoms with E-state index < -0.39 is 0 Å². The molecule has 80 valence electrons. The van der Waals surface area contributed by atoms with E-state index in [-0.39, 0.29) is 5.82 Å². The van der Waals surface area contributed by atoms with Gasteiger partial charge in [-0.15, -0.1) is 0 Å². The number of azide groups is 1. The fraction of sp³-hybridized carbons (Fsp3) is 0.100. The van der Waals surface area contributed by atoms with Gasteiger partial charge >= 0.3 is 0 Å². The molecule has 1 aromatic heterocycles. The normalized spacial score (nSPS) is 9.81. The highest BCUT2D eigenvalue weighted by Crippen LogP contribution is 2.10. The second-order valence-electron chi connectivity index (χ2n) is 3.16. The molecule has 1 heterocycles. The number of nitrogens with zero attached hydrogens (tertiary/aromatic N) is 5. The summed E-state index contributed by atoms with van der Waals surface area (Å²) in [5.74, 6) is -0.377. The van der Waals surface area contributed by atoms with Gasteiger partial charge in [0.1, 0.15) is 0 Å². The monoisotopic (exact) mass is 217 g/mol. The van der Waals surface area contributed by atoms with E-state index in [0.717, 1.165) is 17.4 Å². The second kappa shape index (κ2) is 4.46. The van der Waals surface area contributed by atoms with Crippen molar-refractivity contribution in [2.45, 2.75) is 6.54 Å². The summed E-state index contributed by atoms with van der Waals surface area (Å²) in [4.78, 5) is 2.67. The highest BCUT2D eigenvalue weighted by molar-refractivity contribution is 5.33. The summed E-state index contributed by atoms with van der Waals surface area (Å²) in [6, 6.07) is 7.19. The minimum atomic E-state index is -0.377. The largest absolute Gasteiger partial charge is 0.238 e. The van der Waals surface area contributed by atoms with E-state index in [1.807, 2.05) is 12.1 Å². The molecule has 0 radical (unpaired) electrons. The van der Waals surface area contributed by atoms with Gasteiger partial charge in [-0.25, -0.2) is 9.07 Å². The van der Waals surface area contributed by atoms with Crippen molar-refractivity contribution in [1.82, 2.24) is 9.78 Å². The van der Waals surface area contributed by atoms with Crippen molar-refractivity contribution in [3.8, 4) is 5.69 Å². The molecular weight excluding hydrogens is 209 g/mol. The van der Waals surface area contributed by atoms with E-state index in [0.29, 0.717) is 6.54 Å². The van der Waals surface area contributed by atoms with Gasteiger partial charge in [0.25, 0.3) is 0 Å². The summed E-state index contributed by atoms with van der Waals surface area (Å²) in [7, 11) is 0. The van der Waals surface area contributed by atoms with Gasteiger partial charge in [-0.3, -0.25) is 0 Å². The molecule has 1 aromatic carbocycles. The summed E-state index contributed by atoms with van der Waals surface area (Å²) in [5.41, 5.74) is 9.82. The molecular formula is C10H8FN5. The molecule has 0 atom stereocenters. The van der Waals surface area contributed by atoms with E-state index in [1.165, 1.54) is 10.9 Å². The lowest BCUT2D eigenvalue weighted by atomic mass is 10.2. The van der Waals surface area contributed by atoms with Gasteiger partial charge in [-0.2, -0.15) is 5.10 Å². The first-order valence-electron chi connectivity index (χ1n) is 4.60. The quantitative estimate of drug-likeness (QED) is 0.442. The van der Waals surface area contributed by atoms with Gasteiger partial charge in [-0.1, -0.05) is 17.2 Å². The van der Waals surface area contributed by atoms with Crippen molar-refractivity contribution in [2.75, 3.05) is 0 Å². The SMILES string of the molecule is [N-]=[N+]=NCc1ccc(-n2cc(F)cn2)cc1. The number of hydrogen-bond donors (Lipinski definition) is 0. The molecule has 0 fully saturated rings. The number of halogens is 1. The Hall–Kier alpha value is -2.33. The van der Waals surface area contributed by atoms with Crippen molar-refractivity contribution in [3.63, 3.8) is 0 Å². The fourth-order valence-corrected chi connectivity index (χ4v) is 1.31. The zero-order valence-corrected chi connectivity index (χ0v) is 8.29. The molecule has 0 aliphatic rings. The van der Waals surface area contributed by atoms with Crippen LogP contribution in [0, 0.1) is 5.82 Å². The molecule has 6 heteroatoms. The zero-order valence-electron chi connectivity index (χ0n) is 8.29. The van der Waals surface area contributed by atoms with Crippen LogP contribution in [0.1, 0.15) is 5.56 Å². The third-order valence-corrected chi connectivity index (χ3v) is 2.07. The smallest absolute Gasteiger partial charge is 0.161 e. The summed E-state index contributed by atoms with van der Waals surface area (Å²) >= 11 is 0. The van der Waals surface area contributed by atoms with Crippen LogP contribution in [0.4, 0.5) is 4.39 Å². The third-order valence-electron chi connectivity index (χ3n) is 2.07. The molecule has 2 aromatic rings. The predicted molar refractivity (Wildman–Crippen MR) is 56.4 cm³/mol. The lowest BCUT2D eigenvalue weighted by molar-refractivity contribution is 0.627. The van der Waals surface area contributed by atoms with E-state index in [9.17, 15) is 4.39 Å². The third kappa shape index (κ3) is 2.18. The van der Waals surface area contributed by atoms with Crippen LogP contribution in [0.2, 0.25) is 0 Å². The molecule has 0 aliphatic heterocycles. The molecule has 5 nitrogen and oxygen atoms in total. The maximum atomic E-state index is 12.7. The van der Waals surface area contributed by atoms with E-state index in [4.69, 9.17) is 5.53 Å². The van der Waals surface area contributed by atoms with Crippen LogP contribution >= 0.6 is 0 Å². The molecule has 0 unspecified atom stereocenters. The van der Waals surface area contributed by atoms with Crippen molar-refractivity contribution in [1.29, 1.82) is 0 Å². The van der Waals surface area contributed by atoms with Gasteiger partial charge in [0.15, 0.2) is 5.82 Å². The Balaban J connectivity index is 2.22. The minimum Gasteiger partial charge on any atom is -0.238 e. The van der Waals surface area contributed by atoms with Crippen LogP contribution in [-0.2, 0) is 6.54 Å². The predicted octanol–water partition coefficient (Wildman–Crippen LogP) is 2.82. The number of benzene rings is 1. The highest BCUT2D eigenvalue weighted by Gasteiger charge is 1.99. The topological polar surface area (TPSA) is 66.6 Å². The van der Waals surface area contributed by atoms with Gasteiger partial charge in [0.05, 0.1) is 24.6 Å². The molecule has 0 amide bonds. The van der Waals surface area contributed by atoms with Crippen molar-refractivity contribution in [3.05, 3.63) is 58.5 Å². The van der Waals surface area contributed by atoms with Crippen LogP contribution in [0.25, 0.3) is 16.1 Å². The highest BCUT2D eigenvalue weighted by atomic mass is 19.1. The first-order valence-corrected chi connectivity index (χ1v) is 4.60. The summed E-state index contributed by atoms with van der Waals surface area (Å²) < 4.78 is 14.2. The Morgan fingerprint density at radius 2 is 2.12 bits per heavy atom. The number of aromatic nitrogens is 2. The van der Waals surface area contributed by atoms with Crippen molar-refractivity contribution >= 4 is 0 Å². The number of hydrogen-bond acceptors (Lipinski definition) is 2. The Kier molecular flexibility index (Phi) is 2.84. The molecule has 0 aliphatic carbocycles. The maximum Gasteiger partial charge on any atom is 0.161 e. The standard InChI is InChI=1S/C10H8FN5/c11-9-6-14-16(7-9)10-3-1-8(2-4-10)5-13-15-12/h1-4,6-7H,5H2. The maximum absolute atomic E-state index is 12.7. The molecule has 0 saturated heterocycles. The van der Waals surface area contributed by atoms with E-state index >= 15 is 0 Å². The minimum absolute atomic E-state index is 0.310. The Morgan fingerprint density at radius 3 is 2.69 bits per heavy atom. The number of rotatable bonds is 3. The second-order valence-corrected chi connectivity index (χ2v) is 3.16. The Morgan fingerprint density at radius 1 is 1.38 bits per heavy atom. The molecule has 0 spiro atoms. The summed E-state index contributed by atoms with van der Waals surface area (Å²) in [6.45, 7) is 0.310. The van der Waals surface area contributed by atoms with E-state index in [2.05, 4.69) is 15.1 Å². The molecule has 0 saturated carbocycles. The van der Waals surface area contributed by atoms with Gasteiger partial charge in [0, 0.05) is 4.91 Å². The summed E-state index contributed by atoms with van der Waals surface area (Å²) in [6.07, 6.45) is 2.44. The van der Waals surface area contributed by atoms with Gasteiger partial charge in [0.2, 0.25) is 0 Å². The van der Waals surface area contributed by atoms with Gasteiger partial charge in [-0.05, 0) is 23.2 Å². The molecule has 2 rings (SSSR count). The first kappa shape index (κ1) is 10.2. The Labute approximate surface area is 90.8 Å². The lowest BCUT2D eigenvalue weighted by Crippen LogP contribution is -1.94. The first-order chi connectivity index (χ1) is 7.79. The van der Waals surface area contributed by atoms with Crippen LogP contribution in [0.3, 0.4) is 0 Å². The van der Waals surface area contributed by atoms with Crippen LogP contribution < -0.4 is 0 Å². The lowest BCUT2D eigenvalue weighted by Gasteiger charge is -2.01. The zero-order chi connectivity index (χ0) is 11.4. The summed E-state index contributed by atoms with van der Waals surface area (Å²) in [5, 5.41) is 7.28. The van der Waals surface area contributed by atoms with Crippen LogP contribution in [-0.4, -0.2) is 9.78 Å². The van der Waals surface area contributed by atoms with Crippen LogP contribution in [0.15, 0.2) is 41.8 Å². The van der Waals surface area contributed by atoms with Crippen LogP contribution in [0.5, 0.6) is 0 Å².